The zero-order valence-electron chi connectivity index (χ0n) is 10.4. The van der Waals surface area contributed by atoms with Gasteiger partial charge < -0.3 is 14.4 Å². The van der Waals surface area contributed by atoms with Crippen molar-refractivity contribution in [3.8, 4) is 5.75 Å². The molecule has 0 atom stereocenters. The molecule has 94 valence electrons. The molecule has 0 heterocycles. The Labute approximate surface area is 102 Å². The Balaban J connectivity index is 2.20. The SMILES string of the molecule is CCCOC(=O)N(C)CCOc1ccccc1. The van der Waals surface area contributed by atoms with Gasteiger partial charge in [0.25, 0.3) is 0 Å². The van der Waals surface area contributed by atoms with E-state index in [0.29, 0.717) is 19.8 Å². The van der Waals surface area contributed by atoms with Crippen LogP contribution in [0.1, 0.15) is 13.3 Å². The number of para-hydroxylation sites is 1. The molecule has 1 rings (SSSR count). The summed E-state index contributed by atoms with van der Waals surface area (Å²) < 4.78 is 10.5. The fourth-order valence-corrected chi connectivity index (χ4v) is 1.21. The van der Waals surface area contributed by atoms with Crippen molar-refractivity contribution < 1.29 is 14.3 Å². The summed E-state index contributed by atoms with van der Waals surface area (Å²) in [6.07, 6.45) is 0.531. The van der Waals surface area contributed by atoms with Crippen molar-refractivity contribution in [1.82, 2.24) is 4.90 Å². The number of carbonyl (C=O) groups is 1. The highest BCUT2D eigenvalue weighted by molar-refractivity contribution is 5.67. The number of benzene rings is 1. The Bertz CT molecular complexity index is 327. The largest absolute Gasteiger partial charge is 0.492 e. The van der Waals surface area contributed by atoms with Crippen LogP contribution in [0.5, 0.6) is 5.75 Å². The summed E-state index contributed by atoms with van der Waals surface area (Å²) in [5.74, 6) is 0.808. The van der Waals surface area contributed by atoms with Crippen molar-refractivity contribution in [2.45, 2.75) is 13.3 Å². The van der Waals surface area contributed by atoms with Gasteiger partial charge in [0.2, 0.25) is 0 Å². The second kappa shape index (κ2) is 7.54. The van der Waals surface area contributed by atoms with Gasteiger partial charge in [-0.15, -0.1) is 0 Å². The van der Waals surface area contributed by atoms with Crippen molar-refractivity contribution in [2.75, 3.05) is 26.8 Å². The first-order chi connectivity index (χ1) is 8.24. The van der Waals surface area contributed by atoms with Crippen molar-refractivity contribution in [1.29, 1.82) is 0 Å². The molecule has 0 spiro atoms. The van der Waals surface area contributed by atoms with Crippen molar-refractivity contribution >= 4 is 6.09 Å². The Kier molecular flexibility index (Phi) is 5.93. The summed E-state index contributed by atoms with van der Waals surface area (Å²) in [6, 6.07) is 9.52. The number of hydrogen-bond acceptors (Lipinski definition) is 3. The number of ether oxygens (including phenoxy) is 2. The Morgan fingerprint density at radius 1 is 1.24 bits per heavy atom. The first-order valence-electron chi connectivity index (χ1n) is 5.79. The van der Waals surface area contributed by atoms with Crippen LogP contribution in [-0.2, 0) is 4.74 Å². The molecule has 0 aromatic heterocycles. The molecule has 1 aromatic rings. The molecule has 0 N–H and O–H groups in total. The van der Waals surface area contributed by atoms with Crippen LogP contribution < -0.4 is 4.74 Å². The topological polar surface area (TPSA) is 38.8 Å². The number of hydrogen-bond donors (Lipinski definition) is 0. The molecule has 0 fully saturated rings. The molecule has 0 saturated carbocycles. The molecule has 0 aliphatic rings. The van der Waals surface area contributed by atoms with Gasteiger partial charge in [0.15, 0.2) is 0 Å². The number of likely N-dealkylation sites (N-methyl/N-ethyl adjacent to an activating group) is 1. The molecule has 0 bridgehead atoms. The lowest BCUT2D eigenvalue weighted by Gasteiger charge is -2.16. The molecule has 0 aliphatic carbocycles. The van der Waals surface area contributed by atoms with E-state index in [1.807, 2.05) is 37.3 Å². The smallest absolute Gasteiger partial charge is 0.409 e. The Morgan fingerprint density at radius 2 is 1.94 bits per heavy atom. The second-order valence-electron chi connectivity index (χ2n) is 3.70. The first-order valence-corrected chi connectivity index (χ1v) is 5.79. The third kappa shape index (κ3) is 5.24. The van der Waals surface area contributed by atoms with Crippen LogP contribution in [-0.4, -0.2) is 37.8 Å². The maximum Gasteiger partial charge on any atom is 0.409 e. The summed E-state index contributed by atoms with van der Waals surface area (Å²) in [7, 11) is 1.70. The molecule has 1 amide bonds. The average molecular weight is 237 g/mol. The zero-order chi connectivity index (χ0) is 12.5. The minimum atomic E-state index is -0.302. The fourth-order valence-electron chi connectivity index (χ4n) is 1.21. The number of nitrogens with zero attached hydrogens (tertiary/aromatic N) is 1. The molecule has 0 aliphatic heterocycles. The standard InChI is InChI=1S/C13H19NO3/c1-3-10-17-13(15)14(2)9-11-16-12-7-5-4-6-8-12/h4-8H,3,9-11H2,1-2H3. The van der Waals surface area contributed by atoms with Gasteiger partial charge in [0, 0.05) is 7.05 Å². The van der Waals surface area contributed by atoms with Crippen LogP contribution in [0.15, 0.2) is 30.3 Å². The van der Waals surface area contributed by atoms with E-state index in [1.54, 1.807) is 7.05 Å². The molecular formula is C13H19NO3. The summed E-state index contributed by atoms with van der Waals surface area (Å²) >= 11 is 0. The van der Waals surface area contributed by atoms with Gasteiger partial charge in [-0.1, -0.05) is 25.1 Å². The van der Waals surface area contributed by atoms with Gasteiger partial charge in [-0.3, -0.25) is 0 Å². The van der Waals surface area contributed by atoms with Gasteiger partial charge >= 0.3 is 6.09 Å². The van der Waals surface area contributed by atoms with Crippen molar-refractivity contribution in [2.24, 2.45) is 0 Å². The third-order valence-electron chi connectivity index (χ3n) is 2.18. The molecule has 1 aromatic carbocycles. The predicted molar refractivity (Wildman–Crippen MR) is 66.2 cm³/mol. The highest BCUT2D eigenvalue weighted by Crippen LogP contribution is 2.07. The van der Waals surface area contributed by atoms with E-state index in [2.05, 4.69) is 0 Å². The molecule has 0 radical (unpaired) electrons. The Morgan fingerprint density at radius 3 is 2.59 bits per heavy atom. The highest BCUT2D eigenvalue weighted by Gasteiger charge is 2.08. The monoisotopic (exact) mass is 237 g/mol. The maximum atomic E-state index is 11.4. The Hall–Kier alpha value is -1.71. The van der Waals surface area contributed by atoms with Crippen LogP contribution in [0.4, 0.5) is 4.79 Å². The molecule has 0 unspecified atom stereocenters. The summed E-state index contributed by atoms with van der Waals surface area (Å²) in [5.41, 5.74) is 0. The predicted octanol–water partition coefficient (Wildman–Crippen LogP) is 2.54. The van der Waals surface area contributed by atoms with Crippen LogP contribution in [0.25, 0.3) is 0 Å². The second-order valence-corrected chi connectivity index (χ2v) is 3.70. The molecule has 0 saturated heterocycles. The van der Waals surface area contributed by atoms with E-state index < -0.39 is 0 Å². The molecule has 17 heavy (non-hydrogen) atoms. The normalized spacial score (nSPS) is 9.76. The van der Waals surface area contributed by atoms with Crippen LogP contribution in [0.2, 0.25) is 0 Å². The van der Waals surface area contributed by atoms with Crippen LogP contribution in [0, 0.1) is 0 Å². The van der Waals surface area contributed by atoms with Gasteiger partial charge in [-0.2, -0.15) is 0 Å². The van der Waals surface area contributed by atoms with E-state index >= 15 is 0 Å². The molecule has 4 heteroatoms. The van der Waals surface area contributed by atoms with Gasteiger partial charge in [-0.25, -0.2) is 4.79 Å². The average Bonchev–Trinajstić information content (AvgIpc) is 2.37. The molecule has 4 nitrogen and oxygen atoms in total. The minimum absolute atomic E-state index is 0.302. The van der Waals surface area contributed by atoms with Crippen molar-refractivity contribution in [3.63, 3.8) is 0 Å². The van der Waals surface area contributed by atoms with E-state index in [0.717, 1.165) is 12.2 Å². The van der Waals surface area contributed by atoms with E-state index in [1.165, 1.54) is 4.90 Å². The first kappa shape index (κ1) is 13.4. The number of carbonyl (C=O) groups excluding carboxylic acids is 1. The number of rotatable bonds is 6. The summed E-state index contributed by atoms with van der Waals surface area (Å²) in [4.78, 5) is 12.9. The highest BCUT2D eigenvalue weighted by atomic mass is 16.6. The summed E-state index contributed by atoms with van der Waals surface area (Å²) in [5, 5.41) is 0. The fraction of sp³-hybridized carbons (Fsp3) is 0.462. The maximum absolute atomic E-state index is 11.4. The van der Waals surface area contributed by atoms with Crippen LogP contribution in [0.3, 0.4) is 0 Å². The quantitative estimate of drug-likeness (QED) is 0.763. The van der Waals surface area contributed by atoms with E-state index in [4.69, 9.17) is 9.47 Å². The third-order valence-corrected chi connectivity index (χ3v) is 2.18. The van der Waals surface area contributed by atoms with E-state index in [-0.39, 0.29) is 6.09 Å². The minimum Gasteiger partial charge on any atom is -0.492 e. The summed E-state index contributed by atoms with van der Waals surface area (Å²) in [6.45, 7) is 3.40. The zero-order valence-corrected chi connectivity index (χ0v) is 10.4. The number of amides is 1. The van der Waals surface area contributed by atoms with Gasteiger partial charge in [-0.05, 0) is 18.6 Å². The van der Waals surface area contributed by atoms with Gasteiger partial charge in [0.1, 0.15) is 12.4 Å². The van der Waals surface area contributed by atoms with Crippen molar-refractivity contribution in [3.05, 3.63) is 30.3 Å². The molecular weight excluding hydrogens is 218 g/mol. The lowest BCUT2D eigenvalue weighted by molar-refractivity contribution is 0.105. The lowest BCUT2D eigenvalue weighted by atomic mass is 10.3. The van der Waals surface area contributed by atoms with Crippen LogP contribution >= 0.6 is 0 Å². The van der Waals surface area contributed by atoms with E-state index in [9.17, 15) is 4.79 Å². The van der Waals surface area contributed by atoms with Gasteiger partial charge in [0.05, 0.1) is 13.2 Å². The lowest BCUT2D eigenvalue weighted by Crippen LogP contribution is -2.31.